The van der Waals surface area contributed by atoms with E-state index >= 15 is 0 Å². The van der Waals surface area contributed by atoms with Crippen LogP contribution in [0.25, 0.3) is 0 Å². The number of hydrogen-bond donors (Lipinski definition) is 2. The molecule has 32 heavy (non-hydrogen) atoms. The maximum Gasteiger partial charge on any atom is 0.317 e. The number of amides is 2. The molecule has 2 aromatic rings. The van der Waals surface area contributed by atoms with E-state index in [0.717, 1.165) is 50.0 Å². The third kappa shape index (κ3) is 5.20. The fourth-order valence-corrected chi connectivity index (χ4v) is 4.65. The molecular formula is C25H29FN4O2. The van der Waals surface area contributed by atoms with E-state index in [-0.39, 0.29) is 23.8 Å². The molecule has 2 aliphatic rings. The number of aliphatic hydroxyl groups excluding tert-OH is 1. The maximum atomic E-state index is 13.1. The fourth-order valence-electron chi connectivity index (χ4n) is 4.65. The van der Waals surface area contributed by atoms with Crippen molar-refractivity contribution in [2.75, 3.05) is 31.1 Å². The lowest BCUT2D eigenvalue weighted by atomic mass is 9.87. The average molecular weight is 437 g/mol. The van der Waals surface area contributed by atoms with Gasteiger partial charge in [-0.25, -0.2) is 9.18 Å². The summed E-state index contributed by atoms with van der Waals surface area (Å²) in [5.41, 5.74) is 2.49. The van der Waals surface area contributed by atoms with E-state index in [2.05, 4.69) is 16.3 Å². The Kier molecular flexibility index (Phi) is 6.91. The van der Waals surface area contributed by atoms with E-state index in [9.17, 15) is 14.3 Å². The molecule has 2 aromatic carbocycles. The molecule has 2 N–H and O–H groups in total. The van der Waals surface area contributed by atoms with E-state index in [1.807, 2.05) is 29.2 Å². The number of benzene rings is 2. The van der Waals surface area contributed by atoms with Gasteiger partial charge in [-0.3, -0.25) is 0 Å². The van der Waals surface area contributed by atoms with E-state index < -0.39 is 6.10 Å². The van der Waals surface area contributed by atoms with E-state index in [0.29, 0.717) is 18.7 Å². The smallest absolute Gasteiger partial charge is 0.317 e. The Bertz CT molecular complexity index is 941. The minimum atomic E-state index is -0.632. The number of hydrogen-bond acceptors (Lipinski definition) is 4. The lowest BCUT2D eigenvalue weighted by molar-refractivity contribution is 0.0659. The van der Waals surface area contributed by atoms with Crippen LogP contribution in [0.15, 0.2) is 48.5 Å². The maximum absolute atomic E-state index is 13.1. The molecule has 6 nitrogen and oxygen atoms in total. The molecule has 0 radical (unpaired) electrons. The zero-order chi connectivity index (χ0) is 22.5. The molecule has 0 aromatic heterocycles. The number of piperidine rings is 2. The van der Waals surface area contributed by atoms with Gasteiger partial charge in [-0.15, -0.1) is 0 Å². The Hall–Kier alpha value is -3.11. The van der Waals surface area contributed by atoms with Gasteiger partial charge in [-0.05, 0) is 73.6 Å². The van der Waals surface area contributed by atoms with Crippen molar-refractivity contribution in [2.24, 2.45) is 5.92 Å². The first-order chi connectivity index (χ1) is 15.5. The molecule has 0 aliphatic carbocycles. The predicted octanol–water partition coefficient (Wildman–Crippen LogP) is 3.82. The van der Waals surface area contributed by atoms with Crippen molar-refractivity contribution in [3.63, 3.8) is 0 Å². The summed E-state index contributed by atoms with van der Waals surface area (Å²) in [7, 11) is 0. The summed E-state index contributed by atoms with van der Waals surface area (Å²) in [5.74, 6) is -0.240. The zero-order valence-electron chi connectivity index (χ0n) is 18.1. The zero-order valence-corrected chi connectivity index (χ0v) is 18.1. The number of nitrogens with zero attached hydrogens (tertiary/aromatic N) is 3. The average Bonchev–Trinajstić information content (AvgIpc) is 2.85. The van der Waals surface area contributed by atoms with Crippen molar-refractivity contribution in [1.82, 2.24) is 10.2 Å². The number of carbonyl (C=O) groups is 1. The van der Waals surface area contributed by atoms with Crippen molar-refractivity contribution in [1.29, 1.82) is 5.26 Å². The molecule has 168 valence electrons. The number of likely N-dealkylation sites (tertiary alicyclic amines) is 1. The molecule has 2 aliphatic heterocycles. The van der Waals surface area contributed by atoms with Gasteiger partial charge in [0.1, 0.15) is 5.82 Å². The second-order valence-corrected chi connectivity index (χ2v) is 8.69. The van der Waals surface area contributed by atoms with Crippen LogP contribution >= 0.6 is 0 Å². The van der Waals surface area contributed by atoms with Gasteiger partial charge < -0.3 is 20.2 Å². The summed E-state index contributed by atoms with van der Waals surface area (Å²) in [4.78, 5) is 16.9. The van der Waals surface area contributed by atoms with Crippen LogP contribution in [-0.2, 0) is 0 Å². The van der Waals surface area contributed by atoms with E-state index in [4.69, 9.17) is 5.26 Å². The lowest BCUT2D eigenvalue weighted by Gasteiger charge is -2.37. The van der Waals surface area contributed by atoms with Crippen LogP contribution in [0.3, 0.4) is 0 Å². The van der Waals surface area contributed by atoms with E-state index in [1.165, 1.54) is 12.1 Å². The molecule has 2 amide bonds. The molecule has 7 heteroatoms. The number of nitrogens with one attached hydrogen (secondary N) is 1. The Morgan fingerprint density at radius 3 is 2.22 bits per heavy atom. The molecule has 4 rings (SSSR count). The summed E-state index contributed by atoms with van der Waals surface area (Å²) in [6, 6.07) is 15.9. The number of aliphatic hydroxyl groups is 1. The van der Waals surface area contributed by atoms with Gasteiger partial charge in [0.15, 0.2) is 0 Å². The van der Waals surface area contributed by atoms with Gasteiger partial charge in [0.25, 0.3) is 0 Å². The fraction of sp³-hybridized carbons (Fsp3) is 0.440. The second kappa shape index (κ2) is 10.0. The van der Waals surface area contributed by atoms with E-state index in [1.54, 1.807) is 12.1 Å². The molecular weight excluding hydrogens is 407 g/mol. The SMILES string of the molecule is N#Cc1ccc(N2CCC(NC(=O)N3CCC(C(O)c4ccc(F)cc4)CC3)CC2)cc1. The Morgan fingerprint density at radius 1 is 1.00 bits per heavy atom. The summed E-state index contributed by atoms with van der Waals surface area (Å²) < 4.78 is 13.1. The normalized spacial score (nSPS) is 18.8. The van der Waals surface area contributed by atoms with Crippen LogP contribution in [-0.4, -0.2) is 48.3 Å². The van der Waals surface area contributed by atoms with Crippen molar-refractivity contribution in [3.8, 4) is 6.07 Å². The van der Waals surface area contributed by atoms with Gasteiger partial charge >= 0.3 is 6.03 Å². The number of nitriles is 1. The highest BCUT2D eigenvalue weighted by molar-refractivity contribution is 5.74. The van der Waals surface area contributed by atoms with Crippen molar-refractivity contribution in [3.05, 3.63) is 65.5 Å². The van der Waals surface area contributed by atoms with Gasteiger partial charge in [-0.2, -0.15) is 5.26 Å². The Balaban J connectivity index is 1.21. The van der Waals surface area contributed by atoms with Crippen LogP contribution in [0.4, 0.5) is 14.9 Å². The minimum absolute atomic E-state index is 0.0310. The molecule has 2 heterocycles. The first-order valence-electron chi connectivity index (χ1n) is 11.3. The first kappa shape index (κ1) is 22.1. The summed E-state index contributed by atoms with van der Waals surface area (Å²) in [5, 5.41) is 22.7. The van der Waals surface area contributed by atoms with Crippen LogP contribution < -0.4 is 10.2 Å². The Morgan fingerprint density at radius 2 is 1.62 bits per heavy atom. The quantitative estimate of drug-likeness (QED) is 0.764. The number of halogens is 1. The van der Waals surface area contributed by atoms with Crippen LogP contribution in [0, 0.1) is 23.1 Å². The summed E-state index contributed by atoms with van der Waals surface area (Å²) in [6.07, 6.45) is 2.58. The molecule has 1 unspecified atom stereocenters. The molecule has 0 bridgehead atoms. The van der Waals surface area contributed by atoms with Crippen LogP contribution in [0.5, 0.6) is 0 Å². The summed E-state index contributed by atoms with van der Waals surface area (Å²) >= 11 is 0. The highest BCUT2D eigenvalue weighted by Crippen LogP contribution is 2.31. The highest BCUT2D eigenvalue weighted by Gasteiger charge is 2.29. The molecule has 2 fully saturated rings. The van der Waals surface area contributed by atoms with Crippen molar-refractivity contribution in [2.45, 2.75) is 37.8 Å². The lowest BCUT2D eigenvalue weighted by Crippen LogP contribution is -2.51. The van der Waals surface area contributed by atoms with Gasteiger partial charge in [0.2, 0.25) is 0 Å². The topological polar surface area (TPSA) is 79.6 Å². The number of rotatable bonds is 4. The number of urea groups is 1. The highest BCUT2D eigenvalue weighted by atomic mass is 19.1. The third-order valence-electron chi connectivity index (χ3n) is 6.67. The molecule has 1 atom stereocenters. The number of carbonyl (C=O) groups excluding carboxylic acids is 1. The Labute approximate surface area is 188 Å². The van der Waals surface area contributed by atoms with Crippen molar-refractivity contribution < 1.29 is 14.3 Å². The monoisotopic (exact) mass is 436 g/mol. The minimum Gasteiger partial charge on any atom is -0.388 e. The third-order valence-corrected chi connectivity index (χ3v) is 6.67. The van der Waals surface area contributed by atoms with Gasteiger partial charge in [-0.1, -0.05) is 12.1 Å². The van der Waals surface area contributed by atoms with Gasteiger partial charge in [0.05, 0.1) is 17.7 Å². The molecule has 0 spiro atoms. The molecule has 0 saturated carbocycles. The van der Waals surface area contributed by atoms with Crippen molar-refractivity contribution >= 4 is 11.7 Å². The molecule has 2 saturated heterocycles. The predicted molar refractivity (Wildman–Crippen MR) is 121 cm³/mol. The summed E-state index contributed by atoms with van der Waals surface area (Å²) in [6.45, 7) is 2.95. The first-order valence-corrected chi connectivity index (χ1v) is 11.3. The number of anilines is 1. The standard InChI is InChI=1S/C25H29FN4O2/c26-21-5-3-19(4-6-21)24(31)20-9-13-30(14-10-20)25(32)28-22-11-15-29(16-12-22)23-7-1-18(17-27)2-8-23/h1-8,20,22,24,31H,9-16H2,(H,28,32). The van der Waals surface area contributed by atoms with Crippen LogP contribution in [0.1, 0.15) is 42.9 Å². The largest absolute Gasteiger partial charge is 0.388 e. The second-order valence-electron chi connectivity index (χ2n) is 8.69. The van der Waals surface area contributed by atoms with Crippen LogP contribution in [0.2, 0.25) is 0 Å². The van der Waals surface area contributed by atoms with Gasteiger partial charge in [0, 0.05) is 37.9 Å².